The summed E-state index contributed by atoms with van der Waals surface area (Å²) >= 11 is 12.8. The Morgan fingerprint density at radius 3 is 2.37 bits per heavy atom. The molecule has 4 aromatic rings. The van der Waals surface area contributed by atoms with Gasteiger partial charge in [-0.3, -0.25) is 14.6 Å². The lowest BCUT2D eigenvalue weighted by Gasteiger charge is -2.11. The van der Waals surface area contributed by atoms with E-state index in [1.54, 1.807) is 30.3 Å². The van der Waals surface area contributed by atoms with Crippen LogP contribution in [0.15, 0.2) is 50.8 Å². The van der Waals surface area contributed by atoms with Gasteiger partial charge in [0.25, 0.3) is 11.1 Å². The highest BCUT2D eigenvalue weighted by atomic mass is 35.5. The summed E-state index contributed by atoms with van der Waals surface area (Å²) in [6.45, 7) is 0. The molecule has 0 radical (unpaired) electrons. The first kappa shape index (κ1) is 19.6. The fourth-order valence-corrected chi connectivity index (χ4v) is 3.61. The number of hydrogen-bond donors (Lipinski definition) is 2. The fourth-order valence-electron chi connectivity index (χ4n) is 3.00. The Balaban J connectivity index is 1.82. The lowest BCUT2D eigenvalue weighted by molar-refractivity contribution is 0.740. The number of nitrogens with one attached hydrogen (secondary N) is 2. The van der Waals surface area contributed by atoms with Crippen molar-refractivity contribution in [1.82, 2.24) is 25.0 Å². The van der Waals surface area contributed by atoms with Crippen molar-refractivity contribution in [2.75, 3.05) is 0 Å². The molecule has 11 heteroatoms. The molecule has 4 rings (SSSR count). The van der Waals surface area contributed by atoms with E-state index in [1.165, 1.54) is 12.1 Å². The van der Waals surface area contributed by atoms with Gasteiger partial charge in [-0.15, -0.1) is 5.10 Å². The Morgan fingerprint density at radius 1 is 1.03 bits per heavy atom. The normalized spacial score (nSPS) is 10.8. The van der Waals surface area contributed by atoms with Crippen LogP contribution in [0.1, 0.15) is 17.0 Å². The lowest BCUT2D eigenvalue weighted by atomic mass is 10.0. The summed E-state index contributed by atoms with van der Waals surface area (Å²) in [6.07, 6.45) is 0.215. The maximum Gasteiger partial charge on any atom is 0.349 e. The van der Waals surface area contributed by atoms with Gasteiger partial charge in [0, 0.05) is 21.9 Å². The van der Waals surface area contributed by atoms with Gasteiger partial charge in [0.05, 0.1) is 16.8 Å². The highest BCUT2D eigenvalue weighted by Gasteiger charge is 2.16. The van der Waals surface area contributed by atoms with E-state index >= 15 is 0 Å². The van der Waals surface area contributed by atoms with Crippen molar-refractivity contribution >= 4 is 34.0 Å². The van der Waals surface area contributed by atoms with Crippen molar-refractivity contribution < 1.29 is 0 Å². The number of aromatic nitrogens is 5. The summed E-state index contributed by atoms with van der Waals surface area (Å²) in [5, 5.41) is 20.9. The number of benzene rings is 2. The van der Waals surface area contributed by atoms with Crippen LogP contribution in [0, 0.1) is 11.3 Å². The molecule has 2 heterocycles. The third-order valence-electron chi connectivity index (χ3n) is 4.42. The van der Waals surface area contributed by atoms with E-state index in [9.17, 15) is 14.4 Å². The van der Waals surface area contributed by atoms with Crippen molar-refractivity contribution in [1.29, 1.82) is 5.26 Å². The van der Waals surface area contributed by atoms with Gasteiger partial charge in [0.1, 0.15) is 6.07 Å². The van der Waals surface area contributed by atoms with Gasteiger partial charge in [-0.1, -0.05) is 41.4 Å². The summed E-state index contributed by atoms with van der Waals surface area (Å²) in [5.74, 6) is 0. The standard InChI is InChI=1S/C19H10Cl2N6O3/c20-13-5-9(27-19(30)23-18(29)16(8-22)26-27)6-14(21)12(13)7-15-10-3-1-2-4-11(10)17(28)25-24-15/h1-6H,7H2,(H,25,28)(H,23,29,30). The molecule has 0 saturated carbocycles. The van der Waals surface area contributed by atoms with E-state index in [1.807, 2.05) is 4.98 Å². The Hall–Kier alpha value is -3.74. The summed E-state index contributed by atoms with van der Waals surface area (Å²) < 4.78 is 0.829. The average molecular weight is 441 g/mol. The minimum Gasteiger partial charge on any atom is -0.270 e. The molecule has 0 aliphatic heterocycles. The Bertz CT molecular complexity index is 1510. The molecular formula is C19H10Cl2N6O3. The molecule has 0 bridgehead atoms. The Morgan fingerprint density at radius 2 is 1.70 bits per heavy atom. The summed E-state index contributed by atoms with van der Waals surface area (Å²) in [5.41, 5.74) is -1.26. The van der Waals surface area contributed by atoms with E-state index in [0.717, 1.165) is 4.68 Å². The van der Waals surface area contributed by atoms with Crippen LogP contribution in [-0.2, 0) is 6.42 Å². The van der Waals surface area contributed by atoms with Gasteiger partial charge in [-0.2, -0.15) is 15.0 Å². The van der Waals surface area contributed by atoms with Gasteiger partial charge >= 0.3 is 5.69 Å². The molecule has 30 heavy (non-hydrogen) atoms. The predicted molar refractivity (Wildman–Crippen MR) is 110 cm³/mol. The molecule has 2 N–H and O–H groups in total. The predicted octanol–water partition coefficient (Wildman–Crippen LogP) is 1.93. The molecule has 0 atom stereocenters. The minimum atomic E-state index is -0.886. The maximum atomic E-state index is 12.1. The first-order valence-corrected chi connectivity index (χ1v) is 9.23. The van der Waals surface area contributed by atoms with Crippen molar-refractivity contribution in [3.8, 4) is 11.8 Å². The number of nitriles is 1. The number of halogens is 2. The smallest absolute Gasteiger partial charge is 0.270 e. The molecule has 0 unspecified atom stereocenters. The highest BCUT2D eigenvalue weighted by molar-refractivity contribution is 6.36. The van der Waals surface area contributed by atoms with Gasteiger partial charge in [0.2, 0.25) is 5.69 Å². The van der Waals surface area contributed by atoms with Crippen LogP contribution in [0.25, 0.3) is 16.5 Å². The van der Waals surface area contributed by atoms with Crippen molar-refractivity contribution in [2.45, 2.75) is 6.42 Å². The SMILES string of the molecule is N#Cc1nn(-c2cc(Cl)c(Cc3n[nH]c(=O)c4ccccc34)c(Cl)c2)c(=O)[nH]c1=O. The van der Waals surface area contributed by atoms with Crippen molar-refractivity contribution in [3.05, 3.63) is 94.6 Å². The molecule has 0 fully saturated rings. The molecule has 0 spiro atoms. The maximum absolute atomic E-state index is 12.1. The number of rotatable bonds is 3. The first-order chi connectivity index (χ1) is 14.4. The number of fused-ring (bicyclic) bond motifs is 1. The van der Waals surface area contributed by atoms with E-state index in [-0.39, 0.29) is 27.7 Å². The molecule has 0 amide bonds. The Kier molecular flexibility index (Phi) is 4.95. The number of hydrogen-bond acceptors (Lipinski definition) is 6. The van der Waals surface area contributed by atoms with E-state index in [0.29, 0.717) is 22.0 Å². The second kappa shape index (κ2) is 7.59. The zero-order valence-corrected chi connectivity index (χ0v) is 16.5. The molecule has 2 aromatic carbocycles. The van der Waals surface area contributed by atoms with Gasteiger partial charge in [-0.25, -0.2) is 9.89 Å². The monoisotopic (exact) mass is 440 g/mol. The third-order valence-corrected chi connectivity index (χ3v) is 5.10. The number of nitrogens with zero attached hydrogens (tertiary/aromatic N) is 4. The molecule has 0 saturated heterocycles. The zero-order chi connectivity index (χ0) is 21.4. The molecular weight excluding hydrogens is 431 g/mol. The third kappa shape index (κ3) is 3.39. The second-order valence-electron chi connectivity index (χ2n) is 6.24. The van der Waals surface area contributed by atoms with Crippen LogP contribution >= 0.6 is 23.2 Å². The van der Waals surface area contributed by atoms with Crippen molar-refractivity contribution in [3.63, 3.8) is 0 Å². The molecule has 2 aromatic heterocycles. The molecule has 9 nitrogen and oxygen atoms in total. The second-order valence-corrected chi connectivity index (χ2v) is 7.06. The molecule has 0 aliphatic rings. The average Bonchev–Trinajstić information content (AvgIpc) is 2.72. The number of H-pyrrole nitrogens is 2. The minimum absolute atomic E-state index is 0.172. The van der Waals surface area contributed by atoms with Crippen LogP contribution in [0.3, 0.4) is 0 Å². The highest BCUT2D eigenvalue weighted by Crippen LogP contribution is 2.30. The van der Waals surface area contributed by atoms with Crippen molar-refractivity contribution in [2.24, 2.45) is 0 Å². The zero-order valence-electron chi connectivity index (χ0n) is 14.9. The van der Waals surface area contributed by atoms with Crippen LogP contribution in [0.2, 0.25) is 10.0 Å². The summed E-state index contributed by atoms with van der Waals surface area (Å²) in [4.78, 5) is 37.6. The van der Waals surface area contributed by atoms with Crippen LogP contribution in [0.5, 0.6) is 0 Å². The largest absolute Gasteiger partial charge is 0.349 e. The van der Waals surface area contributed by atoms with E-state index < -0.39 is 16.9 Å². The number of aromatic amines is 2. The van der Waals surface area contributed by atoms with E-state index in [2.05, 4.69) is 15.3 Å². The van der Waals surface area contributed by atoms with Crippen LogP contribution in [0.4, 0.5) is 0 Å². The van der Waals surface area contributed by atoms with E-state index in [4.69, 9.17) is 28.5 Å². The topological polar surface area (TPSA) is 137 Å². The van der Waals surface area contributed by atoms with Gasteiger partial charge < -0.3 is 0 Å². The fraction of sp³-hybridized carbons (Fsp3) is 0.0526. The van der Waals surface area contributed by atoms with Crippen LogP contribution < -0.4 is 16.8 Å². The Labute approximate surface area is 177 Å². The van der Waals surface area contributed by atoms with Crippen LogP contribution in [-0.4, -0.2) is 25.0 Å². The quantitative estimate of drug-likeness (QED) is 0.499. The lowest BCUT2D eigenvalue weighted by Crippen LogP contribution is -2.33. The van der Waals surface area contributed by atoms with Gasteiger partial charge in [-0.05, 0) is 23.8 Å². The summed E-state index contributed by atoms with van der Waals surface area (Å²) in [6, 6.07) is 11.5. The first-order valence-electron chi connectivity index (χ1n) is 8.47. The molecule has 0 aliphatic carbocycles. The van der Waals surface area contributed by atoms with Gasteiger partial charge in [0.15, 0.2) is 0 Å². The summed E-state index contributed by atoms with van der Waals surface area (Å²) in [7, 11) is 0. The molecule has 148 valence electrons.